The predicted molar refractivity (Wildman–Crippen MR) is 91.7 cm³/mol. The van der Waals surface area contributed by atoms with Gasteiger partial charge in [-0.3, -0.25) is 10.1 Å². The van der Waals surface area contributed by atoms with Crippen molar-refractivity contribution in [3.05, 3.63) is 64.5 Å². The van der Waals surface area contributed by atoms with Gasteiger partial charge in [-0.2, -0.15) is 0 Å². The highest BCUT2D eigenvalue weighted by molar-refractivity contribution is 9.10. The van der Waals surface area contributed by atoms with Gasteiger partial charge in [0.05, 0.1) is 0 Å². The van der Waals surface area contributed by atoms with Gasteiger partial charge in [0.25, 0.3) is 11.8 Å². The summed E-state index contributed by atoms with van der Waals surface area (Å²) < 4.78 is 17.8. The van der Waals surface area contributed by atoms with Gasteiger partial charge in [-0.05, 0) is 36.4 Å². The molecule has 1 aromatic heterocycles. The van der Waals surface area contributed by atoms with Gasteiger partial charge < -0.3 is 13.9 Å². The number of benzene rings is 2. The van der Waals surface area contributed by atoms with Crippen LogP contribution in [0.2, 0.25) is 0 Å². The molecule has 126 valence electrons. The van der Waals surface area contributed by atoms with Gasteiger partial charge in [-0.15, -0.1) is 5.10 Å². The Labute approximate surface area is 151 Å². The molecule has 3 aromatic rings. The Kier molecular flexibility index (Phi) is 4.10. The van der Waals surface area contributed by atoms with Gasteiger partial charge in [0.1, 0.15) is 6.61 Å². The maximum Gasteiger partial charge on any atom is 0.322 e. The number of amides is 1. The lowest BCUT2D eigenvalue weighted by molar-refractivity contribution is 0.0716. The second-order valence-corrected chi connectivity index (χ2v) is 6.19. The number of nitrogens with one attached hydrogen (secondary N) is 1. The molecule has 4 rings (SSSR count). The maximum atomic E-state index is 12.2. The fourth-order valence-corrected chi connectivity index (χ4v) is 2.59. The van der Waals surface area contributed by atoms with Crippen LogP contribution in [0.4, 0.5) is 6.01 Å². The van der Waals surface area contributed by atoms with Crippen molar-refractivity contribution >= 4 is 27.9 Å². The summed E-state index contributed by atoms with van der Waals surface area (Å²) in [5.41, 5.74) is 0.481. The normalized spacial score (nSPS) is 15.6. The molecular weight excluding hydrogens is 390 g/mol. The number of carbonyl (C=O) groups excluding carboxylic acids is 1. The molecule has 1 amide bonds. The highest BCUT2D eigenvalue weighted by Crippen LogP contribution is 2.35. The zero-order valence-corrected chi connectivity index (χ0v) is 14.4. The summed E-state index contributed by atoms with van der Waals surface area (Å²) in [6.45, 7) is 0.249. The number of ether oxygens (including phenoxy) is 2. The van der Waals surface area contributed by atoms with Crippen LogP contribution >= 0.6 is 15.9 Å². The quantitative estimate of drug-likeness (QED) is 0.721. The first-order valence-corrected chi connectivity index (χ1v) is 8.27. The van der Waals surface area contributed by atoms with Crippen LogP contribution in [0.1, 0.15) is 22.4 Å². The number of halogens is 1. The Balaban J connectivity index is 1.46. The van der Waals surface area contributed by atoms with Crippen LogP contribution in [-0.4, -0.2) is 22.7 Å². The van der Waals surface area contributed by atoms with E-state index in [1.165, 1.54) is 0 Å². The van der Waals surface area contributed by atoms with Gasteiger partial charge >= 0.3 is 6.01 Å². The second kappa shape index (κ2) is 6.56. The molecule has 1 atom stereocenters. The maximum absolute atomic E-state index is 12.2. The second-order valence-electron chi connectivity index (χ2n) is 5.27. The highest BCUT2D eigenvalue weighted by Gasteiger charge is 2.27. The van der Waals surface area contributed by atoms with Gasteiger partial charge in [0, 0.05) is 10.0 Å². The number of anilines is 1. The summed E-state index contributed by atoms with van der Waals surface area (Å²) in [4.78, 5) is 12.2. The zero-order chi connectivity index (χ0) is 17.2. The number of aromatic nitrogens is 2. The minimum atomic E-state index is -0.527. The zero-order valence-electron chi connectivity index (χ0n) is 12.8. The van der Waals surface area contributed by atoms with Crippen molar-refractivity contribution < 1.29 is 18.7 Å². The molecule has 2 heterocycles. The summed E-state index contributed by atoms with van der Waals surface area (Å²) in [6.07, 6.45) is -0.527. The summed E-state index contributed by atoms with van der Waals surface area (Å²) in [5, 5.41) is 10.3. The molecule has 0 unspecified atom stereocenters. The van der Waals surface area contributed by atoms with E-state index in [2.05, 4.69) is 31.4 Å². The number of hydrogen-bond donors (Lipinski definition) is 1. The average molecular weight is 402 g/mol. The van der Waals surface area contributed by atoms with Crippen molar-refractivity contribution in [3.63, 3.8) is 0 Å². The Morgan fingerprint density at radius 1 is 1.08 bits per heavy atom. The van der Waals surface area contributed by atoms with Crippen LogP contribution in [0.5, 0.6) is 11.5 Å². The van der Waals surface area contributed by atoms with E-state index >= 15 is 0 Å². The molecule has 25 heavy (non-hydrogen) atoms. The first kappa shape index (κ1) is 15.6. The number of hydrogen-bond acceptors (Lipinski definition) is 6. The number of carbonyl (C=O) groups is 1. The van der Waals surface area contributed by atoms with Crippen molar-refractivity contribution in [2.45, 2.75) is 6.10 Å². The van der Waals surface area contributed by atoms with E-state index in [1.807, 2.05) is 18.2 Å². The largest absolute Gasteiger partial charge is 0.485 e. The number of nitrogens with zero attached hydrogens (tertiary/aromatic N) is 2. The average Bonchev–Trinajstić information content (AvgIpc) is 3.10. The summed E-state index contributed by atoms with van der Waals surface area (Å²) >= 11 is 3.32. The third-order valence-corrected chi connectivity index (χ3v) is 4.08. The molecule has 0 aliphatic carbocycles. The van der Waals surface area contributed by atoms with Crippen LogP contribution in [0.15, 0.2) is 57.4 Å². The molecule has 1 aliphatic heterocycles. The van der Waals surface area contributed by atoms with Gasteiger partial charge in [0.2, 0.25) is 6.10 Å². The minimum absolute atomic E-state index is 0.00498. The molecule has 0 saturated heterocycles. The molecule has 0 fully saturated rings. The highest BCUT2D eigenvalue weighted by atomic mass is 79.9. The number of para-hydroxylation sites is 2. The van der Waals surface area contributed by atoms with E-state index < -0.39 is 6.10 Å². The molecule has 1 aliphatic rings. The standard InChI is InChI=1S/C17H12BrN3O4/c18-11-7-5-10(6-8-11)15(22)19-17-21-20-16(25-17)14-9-23-12-3-1-2-4-13(12)24-14/h1-8,14H,9H2,(H,19,21,22)/t14-/m0/s1. The lowest BCUT2D eigenvalue weighted by Crippen LogP contribution is -2.21. The number of rotatable bonds is 3. The van der Waals surface area contributed by atoms with E-state index in [0.29, 0.717) is 17.1 Å². The topological polar surface area (TPSA) is 86.5 Å². The van der Waals surface area contributed by atoms with E-state index in [4.69, 9.17) is 13.9 Å². The molecule has 1 N–H and O–H groups in total. The SMILES string of the molecule is O=C(Nc1nnc([C@@H]2COc3ccccc3O2)o1)c1ccc(Br)cc1. The van der Waals surface area contributed by atoms with Crippen LogP contribution in [0, 0.1) is 0 Å². The molecule has 0 spiro atoms. The first-order valence-electron chi connectivity index (χ1n) is 7.48. The molecule has 0 radical (unpaired) electrons. The first-order chi connectivity index (χ1) is 12.2. The van der Waals surface area contributed by atoms with Crippen LogP contribution in [0.25, 0.3) is 0 Å². The number of fused-ring (bicyclic) bond motifs is 1. The Bertz CT molecular complexity index is 910. The monoisotopic (exact) mass is 401 g/mol. The van der Waals surface area contributed by atoms with Crippen molar-refractivity contribution in [1.29, 1.82) is 0 Å². The van der Waals surface area contributed by atoms with Crippen LogP contribution in [-0.2, 0) is 0 Å². The van der Waals surface area contributed by atoms with E-state index in [1.54, 1.807) is 30.3 Å². The van der Waals surface area contributed by atoms with Crippen LogP contribution < -0.4 is 14.8 Å². The molecule has 7 nitrogen and oxygen atoms in total. The molecule has 0 bridgehead atoms. The summed E-state index contributed by atoms with van der Waals surface area (Å²) in [7, 11) is 0. The van der Waals surface area contributed by atoms with Crippen molar-refractivity contribution in [2.24, 2.45) is 0 Å². The lowest BCUT2D eigenvalue weighted by atomic mass is 10.2. The van der Waals surface area contributed by atoms with Crippen molar-refractivity contribution in [1.82, 2.24) is 10.2 Å². The fraction of sp³-hybridized carbons (Fsp3) is 0.118. The van der Waals surface area contributed by atoms with Crippen LogP contribution in [0.3, 0.4) is 0 Å². The molecule has 2 aromatic carbocycles. The fourth-order valence-electron chi connectivity index (χ4n) is 2.33. The van der Waals surface area contributed by atoms with Gasteiger partial charge in [-0.1, -0.05) is 33.2 Å². The summed E-state index contributed by atoms with van der Waals surface area (Å²) in [5.74, 6) is 1.17. The third kappa shape index (κ3) is 3.34. The Morgan fingerprint density at radius 3 is 2.64 bits per heavy atom. The predicted octanol–water partition coefficient (Wildman–Crippen LogP) is 3.60. The third-order valence-electron chi connectivity index (χ3n) is 3.55. The van der Waals surface area contributed by atoms with E-state index in [0.717, 1.165) is 4.47 Å². The van der Waals surface area contributed by atoms with E-state index in [-0.39, 0.29) is 24.4 Å². The van der Waals surface area contributed by atoms with E-state index in [9.17, 15) is 4.79 Å². The molecule has 0 saturated carbocycles. The summed E-state index contributed by atoms with van der Waals surface area (Å²) in [6, 6.07) is 14.3. The van der Waals surface area contributed by atoms with Gasteiger partial charge in [-0.25, -0.2) is 0 Å². The molecular formula is C17H12BrN3O4. The smallest absolute Gasteiger partial charge is 0.322 e. The van der Waals surface area contributed by atoms with Gasteiger partial charge in [0.15, 0.2) is 11.5 Å². The lowest BCUT2D eigenvalue weighted by Gasteiger charge is -2.23. The minimum Gasteiger partial charge on any atom is -0.485 e. The Hall–Kier alpha value is -2.87. The van der Waals surface area contributed by atoms with Crippen molar-refractivity contribution in [3.8, 4) is 11.5 Å². The molecule has 8 heteroatoms. The Morgan fingerprint density at radius 2 is 1.84 bits per heavy atom. The van der Waals surface area contributed by atoms with Crippen molar-refractivity contribution in [2.75, 3.05) is 11.9 Å².